The molecule has 5 fully saturated rings. The Morgan fingerprint density at radius 3 is 1.16 bits per heavy atom. The van der Waals surface area contributed by atoms with E-state index in [1.807, 2.05) is 0 Å². The maximum atomic E-state index is 12.7. The summed E-state index contributed by atoms with van der Waals surface area (Å²) >= 11 is 0. The van der Waals surface area contributed by atoms with Gasteiger partial charge in [0.05, 0.1) is 26.4 Å². The highest BCUT2D eigenvalue weighted by Gasteiger charge is 2.46. The van der Waals surface area contributed by atoms with Gasteiger partial charge in [-0.3, -0.25) is 9.59 Å². The number of alkyl halides is 4. The van der Waals surface area contributed by atoms with Crippen LogP contribution in [0.3, 0.4) is 0 Å². The van der Waals surface area contributed by atoms with Gasteiger partial charge in [-0.15, -0.1) is 0 Å². The van der Waals surface area contributed by atoms with E-state index < -0.39 is 17.6 Å². The Hall–Kier alpha value is -1.10. The molecular formula is C22H32F4O6. The summed E-state index contributed by atoms with van der Waals surface area (Å²) in [7, 11) is 0. The van der Waals surface area contributed by atoms with Crippen molar-refractivity contribution in [1.29, 1.82) is 0 Å². The van der Waals surface area contributed by atoms with Crippen LogP contribution >= 0.6 is 0 Å². The van der Waals surface area contributed by atoms with Gasteiger partial charge in [0.1, 0.15) is 11.6 Å². The van der Waals surface area contributed by atoms with Gasteiger partial charge in [0.2, 0.25) is 11.8 Å². The van der Waals surface area contributed by atoms with E-state index in [2.05, 4.69) is 0 Å². The second kappa shape index (κ2) is 10.4. The fourth-order valence-electron chi connectivity index (χ4n) is 4.37. The molecule has 2 saturated heterocycles. The van der Waals surface area contributed by atoms with E-state index in [9.17, 15) is 27.2 Å². The van der Waals surface area contributed by atoms with E-state index in [0.29, 0.717) is 57.9 Å². The van der Waals surface area contributed by atoms with Crippen LogP contribution in [0, 0.1) is 0 Å². The van der Waals surface area contributed by atoms with Gasteiger partial charge in [-0.2, -0.15) is 0 Å². The van der Waals surface area contributed by atoms with Crippen LogP contribution in [0.2, 0.25) is 0 Å². The van der Waals surface area contributed by atoms with Crippen LogP contribution in [0.5, 0.6) is 0 Å². The minimum Gasteiger partial charge on any atom is -0.348 e. The van der Waals surface area contributed by atoms with Gasteiger partial charge in [-0.25, -0.2) is 17.6 Å². The lowest BCUT2D eigenvalue weighted by molar-refractivity contribution is -0.210. The molecule has 0 bridgehead atoms. The summed E-state index contributed by atoms with van der Waals surface area (Å²) in [6.45, 7) is 2.47. The highest BCUT2D eigenvalue weighted by atomic mass is 19.3. The minimum absolute atomic E-state index is 0.0269. The quantitative estimate of drug-likeness (QED) is 0.485. The van der Waals surface area contributed by atoms with Crippen molar-refractivity contribution in [2.24, 2.45) is 0 Å². The van der Waals surface area contributed by atoms with Crippen molar-refractivity contribution < 1.29 is 46.1 Å². The third-order valence-corrected chi connectivity index (χ3v) is 6.48. The average molecular weight is 468 g/mol. The van der Waals surface area contributed by atoms with E-state index >= 15 is 0 Å². The van der Waals surface area contributed by atoms with Crippen LogP contribution in [0.15, 0.2) is 0 Å². The lowest BCUT2D eigenvalue weighted by Gasteiger charge is -2.34. The largest absolute Gasteiger partial charge is 0.348 e. The van der Waals surface area contributed by atoms with Gasteiger partial charge < -0.3 is 18.9 Å². The van der Waals surface area contributed by atoms with Gasteiger partial charge >= 0.3 is 0 Å². The predicted octanol–water partition coefficient (Wildman–Crippen LogP) is 4.58. The van der Waals surface area contributed by atoms with Crippen molar-refractivity contribution in [3.63, 3.8) is 0 Å². The standard InChI is InChI=1S/C8H12F2O2.C8H12O3.C6H8F2O/c9-7(10)1-3-8(4-2-7)11-5-6-12-8;9-7-1-3-8(4-2-7)10-5-6-11-8;7-6(8)3-1-5(9)2-4-6/h1-6H2;1-6H2;1-4H2. The molecule has 3 aliphatic carbocycles. The zero-order valence-electron chi connectivity index (χ0n) is 18.3. The van der Waals surface area contributed by atoms with Crippen LogP contribution in [-0.2, 0) is 28.5 Å². The Labute approximate surface area is 185 Å². The summed E-state index contributed by atoms with van der Waals surface area (Å²) in [5, 5.41) is 0. The molecule has 0 unspecified atom stereocenters. The molecule has 0 atom stereocenters. The molecule has 0 amide bonds. The van der Waals surface area contributed by atoms with E-state index in [-0.39, 0.29) is 50.1 Å². The molecule has 5 rings (SSSR count). The Bertz CT molecular complexity index is 621. The van der Waals surface area contributed by atoms with Crippen LogP contribution < -0.4 is 0 Å². The molecule has 0 aromatic heterocycles. The first-order valence-electron chi connectivity index (χ1n) is 11.4. The van der Waals surface area contributed by atoms with Crippen molar-refractivity contribution in [2.45, 2.75) is 100 Å². The Morgan fingerprint density at radius 2 is 0.781 bits per heavy atom. The Kier molecular flexibility index (Phi) is 8.33. The average Bonchev–Trinajstić information content (AvgIpc) is 3.41. The zero-order chi connectivity index (χ0) is 23.3. The summed E-state index contributed by atoms with van der Waals surface area (Å²) in [4.78, 5) is 21.3. The first-order chi connectivity index (χ1) is 15.0. The summed E-state index contributed by atoms with van der Waals surface area (Å²) in [5.74, 6) is -5.76. The van der Waals surface area contributed by atoms with Crippen molar-refractivity contribution >= 4 is 11.6 Å². The Morgan fingerprint density at radius 1 is 0.469 bits per heavy atom. The molecule has 0 aromatic rings. The van der Waals surface area contributed by atoms with Gasteiger partial charge in [-0.05, 0) is 0 Å². The molecule has 0 aromatic carbocycles. The van der Waals surface area contributed by atoms with E-state index in [1.165, 1.54) is 0 Å². The number of halogens is 4. The number of hydrogen-bond acceptors (Lipinski definition) is 6. The number of rotatable bonds is 0. The van der Waals surface area contributed by atoms with Crippen molar-refractivity contribution in [1.82, 2.24) is 0 Å². The fraction of sp³-hybridized carbons (Fsp3) is 0.909. The lowest BCUT2D eigenvalue weighted by atomic mass is 9.91. The highest BCUT2D eigenvalue weighted by molar-refractivity contribution is 5.79. The summed E-state index contributed by atoms with van der Waals surface area (Å²) in [6, 6.07) is 0. The summed E-state index contributed by atoms with van der Waals surface area (Å²) < 4.78 is 71.5. The molecule has 2 aliphatic heterocycles. The first-order valence-corrected chi connectivity index (χ1v) is 11.4. The molecule has 5 aliphatic rings. The first kappa shape index (κ1) is 25.5. The number of ketones is 2. The highest BCUT2D eigenvalue weighted by Crippen LogP contribution is 2.42. The molecule has 0 radical (unpaired) electrons. The SMILES string of the molecule is FC1(F)CCC2(CC1)OCCO2.O=C1CCC(F)(F)CC1.O=C1CCC2(CC1)OCCO2. The zero-order valence-corrected chi connectivity index (χ0v) is 18.3. The smallest absolute Gasteiger partial charge is 0.249 e. The van der Waals surface area contributed by atoms with Gasteiger partial charge in [0.25, 0.3) is 0 Å². The third kappa shape index (κ3) is 7.46. The molecule has 32 heavy (non-hydrogen) atoms. The van der Waals surface area contributed by atoms with Crippen LogP contribution in [-0.4, -0.2) is 61.4 Å². The van der Waals surface area contributed by atoms with Gasteiger partial charge in [-0.1, -0.05) is 0 Å². The number of hydrogen-bond donors (Lipinski definition) is 0. The molecule has 0 N–H and O–H groups in total. The summed E-state index contributed by atoms with van der Waals surface area (Å²) in [6.07, 6.45) is 2.86. The van der Waals surface area contributed by atoms with Crippen molar-refractivity contribution in [3.05, 3.63) is 0 Å². The fourth-order valence-corrected chi connectivity index (χ4v) is 4.37. The van der Waals surface area contributed by atoms with Crippen LogP contribution in [0.25, 0.3) is 0 Å². The predicted molar refractivity (Wildman–Crippen MR) is 105 cm³/mol. The minimum atomic E-state index is -2.56. The number of carbonyl (C=O) groups is 2. The van der Waals surface area contributed by atoms with Crippen LogP contribution in [0.1, 0.15) is 77.0 Å². The molecule has 10 heteroatoms. The molecular weight excluding hydrogens is 436 g/mol. The van der Waals surface area contributed by atoms with E-state index in [4.69, 9.17) is 18.9 Å². The van der Waals surface area contributed by atoms with Crippen LogP contribution in [0.4, 0.5) is 17.6 Å². The summed E-state index contributed by atoms with van der Waals surface area (Å²) in [5.41, 5.74) is 0. The molecule has 3 saturated carbocycles. The van der Waals surface area contributed by atoms with Gasteiger partial charge in [0.15, 0.2) is 11.6 Å². The molecule has 2 heterocycles. The monoisotopic (exact) mass is 468 g/mol. The maximum absolute atomic E-state index is 12.7. The van der Waals surface area contributed by atoms with E-state index in [0.717, 1.165) is 12.8 Å². The lowest BCUT2D eigenvalue weighted by Crippen LogP contribution is -2.39. The third-order valence-electron chi connectivity index (χ3n) is 6.48. The van der Waals surface area contributed by atoms with E-state index in [1.54, 1.807) is 0 Å². The maximum Gasteiger partial charge on any atom is 0.249 e. The topological polar surface area (TPSA) is 71.1 Å². The van der Waals surface area contributed by atoms with Crippen molar-refractivity contribution in [2.75, 3.05) is 26.4 Å². The molecule has 184 valence electrons. The Balaban J connectivity index is 0.000000137. The molecule has 2 spiro atoms. The van der Waals surface area contributed by atoms with Crippen molar-refractivity contribution in [3.8, 4) is 0 Å². The number of Topliss-reactive ketones (excluding diaryl/α,β-unsaturated/α-hetero) is 2. The number of carbonyl (C=O) groups excluding carboxylic acids is 2. The molecule has 6 nitrogen and oxygen atoms in total. The van der Waals surface area contributed by atoms with Gasteiger partial charge in [0, 0.05) is 77.0 Å². The normalized spacial score (nSPS) is 29.8. The number of ether oxygens (including phenoxy) is 4. The second-order valence-electron chi connectivity index (χ2n) is 9.00. The second-order valence-corrected chi connectivity index (χ2v) is 9.00.